The molecule has 1 aliphatic heterocycles. The molecule has 0 aromatic heterocycles. The number of hydrogen-bond acceptors (Lipinski definition) is 5. The number of benzene rings is 1. The molecule has 4 fully saturated rings. The van der Waals surface area contributed by atoms with Crippen molar-refractivity contribution >= 4 is 17.6 Å². The molecule has 4 saturated carbocycles. The average Bonchev–Trinajstić information content (AvgIpc) is 3.15. The number of hydrogen-bond donors (Lipinski definition) is 1. The Labute approximate surface area is 170 Å². The summed E-state index contributed by atoms with van der Waals surface area (Å²) < 4.78 is 5.35. The molecule has 1 amide bonds. The summed E-state index contributed by atoms with van der Waals surface area (Å²) in [6.45, 7) is 0.249. The van der Waals surface area contributed by atoms with Crippen molar-refractivity contribution in [2.24, 2.45) is 22.4 Å². The van der Waals surface area contributed by atoms with Crippen LogP contribution in [0.3, 0.4) is 0 Å². The molecule has 154 valence electrons. The van der Waals surface area contributed by atoms with Gasteiger partial charge in [-0.05, 0) is 61.3 Å². The number of amides is 1. The molecule has 0 radical (unpaired) electrons. The van der Waals surface area contributed by atoms with E-state index in [1.807, 2.05) is 30.3 Å². The number of nitrogens with zero attached hydrogens (tertiary/aromatic N) is 2. The molecule has 1 aromatic carbocycles. The van der Waals surface area contributed by atoms with Crippen molar-refractivity contribution in [2.75, 3.05) is 13.2 Å². The zero-order chi connectivity index (χ0) is 20.1. The third-order valence-corrected chi connectivity index (χ3v) is 7.22. The molecule has 0 spiro atoms. The quantitative estimate of drug-likeness (QED) is 0.776. The van der Waals surface area contributed by atoms with Crippen molar-refractivity contribution in [3.8, 4) is 0 Å². The molecule has 6 rings (SSSR count). The van der Waals surface area contributed by atoms with Crippen LogP contribution in [-0.4, -0.2) is 46.5 Å². The Morgan fingerprint density at radius 2 is 1.86 bits per heavy atom. The van der Waals surface area contributed by atoms with Gasteiger partial charge in [-0.1, -0.05) is 30.3 Å². The minimum Gasteiger partial charge on any atom is -0.455 e. The van der Waals surface area contributed by atoms with Gasteiger partial charge in [-0.25, -0.2) is 5.01 Å². The van der Waals surface area contributed by atoms with Crippen LogP contribution in [0.15, 0.2) is 35.4 Å². The molecule has 4 bridgehead atoms. The summed E-state index contributed by atoms with van der Waals surface area (Å²) in [5, 5.41) is 16.6. The van der Waals surface area contributed by atoms with Crippen molar-refractivity contribution in [3.05, 3.63) is 35.9 Å². The molecule has 1 aromatic rings. The Hall–Kier alpha value is -2.21. The number of esters is 1. The number of carbonyl (C=O) groups excluding carboxylic acids is 2. The second kappa shape index (κ2) is 6.94. The average molecular weight is 396 g/mol. The summed E-state index contributed by atoms with van der Waals surface area (Å²) in [6.07, 6.45) is 6.69. The summed E-state index contributed by atoms with van der Waals surface area (Å²) in [5.41, 5.74) is 1.18. The van der Waals surface area contributed by atoms with Gasteiger partial charge in [0.05, 0.1) is 24.3 Å². The lowest BCUT2D eigenvalue weighted by atomic mass is 9.47. The predicted octanol–water partition coefficient (Wildman–Crippen LogP) is 2.89. The summed E-state index contributed by atoms with van der Waals surface area (Å²) in [4.78, 5) is 25.0. The van der Waals surface area contributed by atoms with E-state index >= 15 is 0 Å². The topological polar surface area (TPSA) is 79.2 Å². The third kappa shape index (κ3) is 3.70. The summed E-state index contributed by atoms with van der Waals surface area (Å²) in [7, 11) is 0. The minimum atomic E-state index is -0.585. The zero-order valence-electron chi connectivity index (χ0n) is 16.7. The third-order valence-electron chi connectivity index (χ3n) is 7.22. The normalized spacial score (nSPS) is 34.9. The first kappa shape index (κ1) is 18.8. The SMILES string of the molecule is O=C(CC12C[C@@H]3C[C@@H](CC(O)(C3)C1)C2)OCC(=O)N1CCC(c2ccccc2)=N1. The maximum absolute atomic E-state index is 12.5. The lowest BCUT2D eigenvalue weighted by Crippen LogP contribution is -2.56. The monoisotopic (exact) mass is 396 g/mol. The van der Waals surface area contributed by atoms with E-state index in [1.54, 1.807) is 0 Å². The molecule has 0 saturated heterocycles. The number of carbonyl (C=O) groups is 2. The Morgan fingerprint density at radius 1 is 1.14 bits per heavy atom. The molecule has 4 aliphatic carbocycles. The smallest absolute Gasteiger partial charge is 0.306 e. The van der Waals surface area contributed by atoms with Crippen molar-refractivity contribution in [2.45, 2.75) is 57.0 Å². The molecule has 2 unspecified atom stereocenters. The Morgan fingerprint density at radius 3 is 2.55 bits per heavy atom. The van der Waals surface area contributed by atoms with E-state index in [9.17, 15) is 14.7 Å². The first-order valence-corrected chi connectivity index (χ1v) is 10.7. The van der Waals surface area contributed by atoms with Crippen LogP contribution < -0.4 is 0 Å². The summed E-state index contributed by atoms with van der Waals surface area (Å²) in [5.74, 6) is 0.459. The fourth-order valence-corrected chi connectivity index (χ4v) is 6.65. The molecular weight excluding hydrogens is 368 g/mol. The van der Waals surface area contributed by atoms with Gasteiger partial charge in [0.15, 0.2) is 6.61 Å². The van der Waals surface area contributed by atoms with E-state index in [0.717, 1.165) is 37.0 Å². The lowest BCUT2D eigenvalue weighted by molar-refractivity contribution is -0.178. The first-order valence-electron chi connectivity index (χ1n) is 10.7. The molecule has 29 heavy (non-hydrogen) atoms. The maximum atomic E-state index is 12.5. The van der Waals surface area contributed by atoms with Gasteiger partial charge in [0.2, 0.25) is 0 Å². The van der Waals surface area contributed by atoms with Crippen LogP contribution in [0.5, 0.6) is 0 Å². The molecule has 6 heteroatoms. The molecular formula is C23H28N2O4. The van der Waals surface area contributed by atoms with Crippen molar-refractivity contribution in [1.29, 1.82) is 0 Å². The van der Waals surface area contributed by atoms with Crippen LogP contribution in [0.25, 0.3) is 0 Å². The van der Waals surface area contributed by atoms with E-state index in [4.69, 9.17) is 4.74 Å². The maximum Gasteiger partial charge on any atom is 0.306 e. The highest BCUT2D eigenvalue weighted by atomic mass is 16.5. The largest absolute Gasteiger partial charge is 0.455 e. The molecule has 1 N–H and O–H groups in total. The van der Waals surface area contributed by atoms with Crippen molar-refractivity contribution in [1.82, 2.24) is 5.01 Å². The highest BCUT2D eigenvalue weighted by molar-refractivity contribution is 6.02. The molecule has 6 nitrogen and oxygen atoms in total. The standard InChI is InChI=1S/C23H28N2O4/c26-20(25-7-6-19(24-25)18-4-2-1-3-5-18)14-29-21(27)13-22-9-16-8-17(10-22)12-23(28,11-16)15-22/h1-5,16-17,28H,6-15H2/t16-,17+,22?,23?. The minimum absolute atomic E-state index is 0.134. The first-order chi connectivity index (χ1) is 13.9. The number of aliphatic hydroxyl groups is 1. The molecule has 1 heterocycles. The Balaban J connectivity index is 1.16. The second-order valence-corrected chi connectivity index (χ2v) is 9.70. The van der Waals surface area contributed by atoms with Crippen molar-refractivity contribution < 1.29 is 19.4 Å². The fraction of sp³-hybridized carbons (Fsp3) is 0.609. The summed E-state index contributed by atoms with van der Waals surface area (Å²) in [6, 6.07) is 9.80. The van der Waals surface area contributed by atoms with Crippen LogP contribution in [0.4, 0.5) is 0 Å². The van der Waals surface area contributed by atoms with Gasteiger partial charge in [-0.15, -0.1) is 0 Å². The van der Waals surface area contributed by atoms with E-state index in [-0.39, 0.29) is 23.9 Å². The highest BCUT2D eigenvalue weighted by Gasteiger charge is 2.57. The van der Waals surface area contributed by atoms with Gasteiger partial charge >= 0.3 is 5.97 Å². The van der Waals surface area contributed by atoms with E-state index in [0.29, 0.717) is 37.6 Å². The van der Waals surface area contributed by atoms with Crippen LogP contribution in [0, 0.1) is 17.3 Å². The van der Waals surface area contributed by atoms with Crippen LogP contribution in [-0.2, 0) is 14.3 Å². The van der Waals surface area contributed by atoms with Crippen LogP contribution in [0.1, 0.15) is 56.9 Å². The van der Waals surface area contributed by atoms with Gasteiger partial charge in [-0.3, -0.25) is 9.59 Å². The van der Waals surface area contributed by atoms with E-state index in [1.165, 1.54) is 11.4 Å². The Kier molecular flexibility index (Phi) is 4.50. The Bertz CT molecular complexity index is 836. The van der Waals surface area contributed by atoms with E-state index < -0.39 is 5.60 Å². The predicted molar refractivity (Wildman–Crippen MR) is 107 cm³/mol. The highest BCUT2D eigenvalue weighted by Crippen LogP contribution is 2.62. The van der Waals surface area contributed by atoms with Crippen LogP contribution in [0.2, 0.25) is 0 Å². The van der Waals surface area contributed by atoms with Crippen LogP contribution >= 0.6 is 0 Å². The van der Waals surface area contributed by atoms with Gasteiger partial charge in [0.25, 0.3) is 5.91 Å². The molecule has 4 atom stereocenters. The zero-order valence-corrected chi connectivity index (χ0v) is 16.7. The van der Waals surface area contributed by atoms with Gasteiger partial charge < -0.3 is 9.84 Å². The van der Waals surface area contributed by atoms with Gasteiger partial charge in [0, 0.05) is 6.42 Å². The van der Waals surface area contributed by atoms with Gasteiger partial charge in [-0.2, -0.15) is 5.10 Å². The summed E-state index contributed by atoms with van der Waals surface area (Å²) >= 11 is 0. The lowest BCUT2D eigenvalue weighted by Gasteiger charge is -2.60. The number of rotatable bonds is 5. The van der Waals surface area contributed by atoms with Gasteiger partial charge in [0.1, 0.15) is 0 Å². The second-order valence-electron chi connectivity index (χ2n) is 9.70. The van der Waals surface area contributed by atoms with E-state index in [2.05, 4.69) is 5.10 Å². The fourth-order valence-electron chi connectivity index (χ4n) is 6.65. The number of ether oxygens (including phenoxy) is 1. The number of hydrazone groups is 1. The molecule has 5 aliphatic rings. The van der Waals surface area contributed by atoms with Crippen molar-refractivity contribution in [3.63, 3.8) is 0 Å².